The predicted octanol–water partition coefficient (Wildman–Crippen LogP) is 3.98. The summed E-state index contributed by atoms with van der Waals surface area (Å²) >= 11 is 0. The van der Waals surface area contributed by atoms with E-state index >= 15 is 0 Å². The van der Waals surface area contributed by atoms with Crippen LogP contribution in [0.25, 0.3) is 10.9 Å². The highest BCUT2D eigenvalue weighted by Crippen LogP contribution is 2.22. The van der Waals surface area contributed by atoms with Crippen LogP contribution in [0.3, 0.4) is 0 Å². The fourth-order valence-electron chi connectivity index (χ4n) is 4.04. The van der Waals surface area contributed by atoms with Gasteiger partial charge in [-0.1, -0.05) is 30.3 Å². The number of amides is 1. The van der Waals surface area contributed by atoms with Gasteiger partial charge in [-0.05, 0) is 55.5 Å². The molecule has 0 atom stereocenters. The van der Waals surface area contributed by atoms with E-state index in [-0.39, 0.29) is 5.91 Å². The van der Waals surface area contributed by atoms with Crippen LogP contribution in [0.1, 0.15) is 37.3 Å². The Bertz CT molecular complexity index is 1040. The van der Waals surface area contributed by atoms with Crippen LogP contribution in [-0.2, 0) is 17.8 Å². The zero-order chi connectivity index (χ0) is 21.5. The summed E-state index contributed by atoms with van der Waals surface area (Å²) in [5.74, 6) is 1.05. The maximum absolute atomic E-state index is 11.9. The summed E-state index contributed by atoms with van der Waals surface area (Å²) in [6, 6.07) is 16.6. The van der Waals surface area contributed by atoms with Crippen LogP contribution in [0.2, 0.25) is 0 Å². The summed E-state index contributed by atoms with van der Waals surface area (Å²) in [6.45, 7) is 5.19. The van der Waals surface area contributed by atoms with Crippen molar-refractivity contribution in [2.24, 2.45) is 4.99 Å². The van der Waals surface area contributed by atoms with Gasteiger partial charge in [-0.25, -0.2) is 4.99 Å². The highest BCUT2D eigenvalue weighted by molar-refractivity contribution is 5.95. The van der Waals surface area contributed by atoms with Gasteiger partial charge in [-0.15, -0.1) is 0 Å². The van der Waals surface area contributed by atoms with E-state index in [9.17, 15) is 4.79 Å². The van der Waals surface area contributed by atoms with Gasteiger partial charge in [0, 0.05) is 48.8 Å². The molecule has 6 nitrogen and oxygen atoms in total. The number of rotatable bonds is 8. The quantitative estimate of drug-likeness (QED) is 0.295. The molecule has 0 aliphatic carbocycles. The van der Waals surface area contributed by atoms with Gasteiger partial charge >= 0.3 is 0 Å². The lowest BCUT2D eigenvalue weighted by Crippen LogP contribution is -2.37. The van der Waals surface area contributed by atoms with Crippen molar-refractivity contribution in [3.63, 3.8) is 0 Å². The number of benzene rings is 2. The van der Waals surface area contributed by atoms with Gasteiger partial charge in [-0.2, -0.15) is 0 Å². The molecule has 31 heavy (non-hydrogen) atoms. The van der Waals surface area contributed by atoms with Gasteiger partial charge in [0.15, 0.2) is 5.96 Å². The molecule has 3 N–H and O–H groups in total. The third-order valence-corrected chi connectivity index (χ3v) is 5.68. The topological polar surface area (TPSA) is 72.5 Å². The normalized spacial score (nSPS) is 14.4. The molecule has 1 amide bonds. The first-order valence-corrected chi connectivity index (χ1v) is 11.2. The summed E-state index contributed by atoms with van der Waals surface area (Å²) in [4.78, 5) is 21.8. The lowest BCUT2D eigenvalue weighted by molar-refractivity contribution is -0.117. The molecule has 1 aliphatic heterocycles. The largest absolute Gasteiger partial charge is 0.361 e. The van der Waals surface area contributed by atoms with Crippen molar-refractivity contribution in [1.82, 2.24) is 15.6 Å². The number of para-hydroxylation sites is 1. The maximum Gasteiger partial charge on any atom is 0.227 e. The number of aromatic amines is 1. The van der Waals surface area contributed by atoms with Gasteiger partial charge in [0.2, 0.25) is 5.91 Å². The van der Waals surface area contributed by atoms with Crippen LogP contribution < -0.4 is 15.5 Å². The monoisotopic (exact) mass is 417 g/mol. The minimum Gasteiger partial charge on any atom is -0.361 e. The number of hydrogen-bond acceptors (Lipinski definition) is 2. The number of nitrogens with one attached hydrogen (secondary N) is 3. The predicted molar refractivity (Wildman–Crippen MR) is 127 cm³/mol. The highest BCUT2D eigenvalue weighted by Gasteiger charge is 2.21. The molecule has 0 bridgehead atoms. The number of aryl methyl sites for hydroxylation is 1. The smallest absolute Gasteiger partial charge is 0.227 e. The Labute approximate surface area is 183 Å². The molecule has 0 radical (unpaired) electrons. The van der Waals surface area contributed by atoms with Gasteiger partial charge in [-0.3, -0.25) is 4.79 Å². The van der Waals surface area contributed by atoms with Gasteiger partial charge in [0.1, 0.15) is 0 Å². The first-order chi connectivity index (χ1) is 15.2. The molecule has 1 fully saturated rings. The Morgan fingerprint density at radius 3 is 2.74 bits per heavy atom. The molecule has 2 heterocycles. The summed E-state index contributed by atoms with van der Waals surface area (Å²) < 4.78 is 0. The van der Waals surface area contributed by atoms with Gasteiger partial charge in [0.25, 0.3) is 0 Å². The molecular weight excluding hydrogens is 386 g/mol. The minimum atomic E-state index is 0.219. The summed E-state index contributed by atoms with van der Waals surface area (Å²) in [5, 5.41) is 8.06. The number of carbonyl (C=O) groups is 1. The van der Waals surface area contributed by atoms with Gasteiger partial charge < -0.3 is 20.5 Å². The van der Waals surface area contributed by atoms with E-state index in [2.05, 4.69) is 65.1 Å². The number of carbonyl (C=O) groups excluding carboxylic acids is 1. The molecule has 162 valence electrons. The van der Waals surface area contributed by atoms with Crippen LogP contribution in [0.15, 0.2) is 59.7 Å². The number of anilines is 1. The molecule has 0 unspecified atom stereocenters. The first-order valence-electron chi connectivity index (χ1n) is 11.2. The van der Waals surface area contributed by atoms with Crippen molar-refractivity contribution >= 4 is 28.5 Å². The van der Waals surface area contributed by atoms with E-state index in [4.69, 9.17) is 4.99 Å². The Balaban J connectivity index is 1.28. The van der Waals surface area contributed by atoms with Crippen LogP contribution >= 0.6 is 0 Å². The Morgan fingerprint density at radius 2 is 1.97 bits per heavy atom. The van der Waals surface area contributed by atoms with Crippen molar-refractivity contribution < 1.29 is 4.79 Å². The van der Waals surface area contributed by atoms with E-state index in [0.717, 1.165) is 56.1 Å². The second-order valence-corrected chi connectivity index (χ2v) is 7.90. The molecule has 1 aliphatic rings. The number of guanidine groups is 1. The highest BCUT2D eigenvalue weighted by atomic mass is 16.2. The fourth-order valence-corrected chi connectivity index (χ4v) is 4.04. The number of aromatic nitrogens is 1. The van der Waals surface area contributed by atoms with E-state index in [1.165, 1.54) is 16.5 Å². The van der Waals surface area contributed by atoms with Crippen LogP contribution in [0.4, 0.5) is 5.69 Å². The third kappa shape index (κ3) is 5.26. The van der Waals surface area contributed by atoms with E-state index in [1.54, 1.807) is 0 Å². The summed E-state index contributed by atoms with van der Waals surface area (Å²) in [7, 11) is 0. The second kappa shape index (κ2) is 10.2. The number of hydrogen-bond donors (Lipinski definition) is 3. The molecule has 3 aromatic rings. The Kier molecular flexibility index (Phi) is 6.87. The number of H-pyrrole nitrogens is 1. The zero-order valence-corrected chi connectivity index (χ0v) is 18.2. The fraction of sp³-hybridized carbons (Fsp3) is 0.360. The maximum atomic E-state index is 11.9. The minimum absolute atomic E-state index is 0.219. The van der Waals surface area contributed by atoms with Gasteiger partial charge in [0.05, 0.1) is 6.54 Å². The van der Waals surface area contributed by atoms with E-state index in [0.29, 0.717) is 13.0 Å². The SMILES string of the molecule is CCNC(=NCc1ccc(N2CCCC2=O)cc1)NCCCc1c[nH]c2ccccc12. The average Bonchev–Trinajstić information content (AvgIpc) is 3.41. The van der Waals surface area contributed by atoms with Crippen molar-refractivity contribution in [3.05, 3.63) is 65.9 Å². The molecule has 1 aromatic heterocycles. The summed E-state index contributed by atoms with van der Waals surface area (Å²) in [6.07, 6.45) is 5.77. The van der Waals surface area contributed by atoms with Crippen molar-refractivity contribution in [1.29, 1.82) is 0 Å². The molecule has 2 aromatic carbocycles. The van der Waals surface area contributed by atoms with Crippen LogP contribution in [0, 0.1) is 0 Å². The lowest BCUT2D eigenvalue weighted by atomic mass is 10.1. The zero-order valence-electron chi connectivity index (χ0n) is 18.2. The number of nitrogens with zero attached hydrogens (tertiary/aromatic N) is 2. The molecule has 0 saturated carbocycles. The number of aliphatic imine (C=N–C) groups is 1. The van der Waals surface area contributed by atoms with Crippen LogP contribution in [0.5, 0.6) is 0 Å². The molecule has 6 heteroatoms. The molecule has 1 saturated heterocycles. The summed E-state index contributed by atoms with van der Waals surface area (Å²) in [5.41, 5.74) is 4.67. The second-order valence-electron chi connectivity index (χ2n) is 7.90. The molecular formula is C25H31N5O. The van der Waals surface area contributed by atoms with Crippen molar-refractivity contribution in [2.45, 2.75) is 39.2 Å². The lowest BCUT2D eigenvalue weighted by Gasteiger charge is -2.16. The third-order valence-electron chi connectivity index (χ3n) is 5.68. The standard InChI is InChI=1S/C25H31N5O/c1-2-26-25(27-15-5-7-20-18-28-23-9-4-3-8-22(20)23)29-17-19-11-13-21(14-12-19)30-16-6-10-24(30)31/h3-4,8-9,11-14,18,28H,2,5-7,10,15-17H2,1H3,(H2,26,27,29). The molecule has 0 spiro atoms. The Morgan fingerprint density at radius 1 is 1.13 bits per heavy atom. The molecule has 4 rings (SSSR count). The van der Waals surface area contributed by atoms with E-state index in [1.807, 2.05) is 17.0 Å². The van der Waals surface area contributed by atoms with E-state index < -0.39 is 0 Å². The number of fused-ring (bicyclic) bond motifs is 1. The van der Waals surface area contributed by atoms with Crippen LogP contribution in [-0.4, -0.2) is 36.5 Å². The first kappa shape index (κ1) is 21.0. The average molecular weight is 418 g/mol. The van der Waals surface area contributed by atoms with Crippen molar-refractivity contribution in [3.8, 4) is 0 Å². The Hall–Kier alpha value is -3.28. The van der Waals surface area contributed by atoms with Crippen molar-refractivity contribution in [2.75, 3.05) is 24.5 Å².